The lowest BCUT2D eigenvalue weighted by molar-refractivity contribution is -0.149. The molecular formula is C23H41N3O6S. The summed E-state index contributed by atoms with van der Waals surface area (Å²) in [6, 6.07) is -1.09. The fraction of sp³-hybridized carbons (Fsp3) is 0.826. The highest BCUT2D eigenvalue weighted by molar-refractivity contribution is 8.00. The molecule has 1 aliphatic carbocycles. The molecule has 0 heterocycles. The van der Waals surface area contributed by atoms with Crippen molar-refractivity contribution < 1.29 is 29.0 Å². The Hall–Kier alpha value is -1.97. The highest BCUT2D eigenvalue weighted by atomic mass is 32.2. The third kappa shape index (κ3) is 12.2. The average Bonchev–Trinajstić information content (AvgIpc) is 3.54. The fourth-order valence-corrected chi connectivity index (χ4v) is 4.21. The van der Waals surface area contributed by atoms with Gasteiger partial charge in [-0.2, -0.15) is 11.8 Å². The zero-order chi connectivity index (χ0) is 25.2. The van der Waals surface area contributed by atoms with Gasteiger partial charge in [-0.25, -0.2) is 4.79 Å². The van der Waals surface area contributed by atoms with Crippen LogP contribution in [0.2, 0.25) is 0 Å². The van der Waals surface area contributed by atoms with Crippen molar-refractivity contribution in [1.29, 1.82) is 0 Å². The Morgan fingerprint density at radius 1 is 1.00 bits per heavy atom. The molecule has 0 aromatic rings. The van der Waals surface area contributed by atoms with Crippen molar-refractivity contribution in [1.82, 2.24) is 14.7 Å². The molecule has 0 bridgehead atoms. The van der Waals surface area contributed by atoms with Crippen molar-refractivity contribution in [2.24, 2.45) is 0 Å². The van der Waals surface area contributed by atoms with E-state index in [0.29, 0.717) is 6.42 Å². The molecule has 0 unspecified atom stereocenters. The molecule has 0 spiro atoms. The van der Waals surface area contributed by atoms with Crippen LogP contribution in [0, 0.1) is 0 Å². The van der Waals surface area contributed by atoms with Crippen LogP contribution in [0.1, 0.15) is 65.7 Å². The highest BCUT2D eigenvalue weighted by Crippen LogP contribution is 2.34. The van der Waals surface area contributed by atoms with Gasteiger partial charge < -0.3 is 24.5 Å². The van der Waals surface area contributed by atoms with Gasteiger partial charge >= 0.3 is 12.1 Å². The molecule has 0 aromatic carbocycles. The summed E-state index contributed by atoms with van der Waals surface area (Å²) in [4.78, 5) is 53.0. The first kappa shape index (κ1) is 29.1. The van der Waals surface area contributed by atoms with Crippen LogP contribution < -0.4 is 0 Å². The van der Waals surface area contributed by atoms with Crippen molar-refractivity contribution >= 4 is 35.6 Å². The van der Waals surface area contributed by atoms with E-state index in [4.69, 9.17) is 4.74 Å². The van der Waals surface area contributed by atoms with Crippen molar-refractivity contribution in [3.05, 3.63) is 0 Å². The molecule has 10 heteroatoms. The Labute approximate surface area is 202 Å². The number of carbonyl (C=O) groups is 4. The van der Waals surface area contributed by atoms with Gasteiger partial charge in [-0.15, -0.1) is 0 Å². The zero-order valence-electron chi connectivity index (χ0n) is 21.0. The van der Waals surface area contributed by atoms with Gasteiger partial charge in [0.1, 0.15) is 11.6 Å². The van der Waals surface area contributed by atoms with Gasteiger partial charge in [-0.3, -0.25) is 14.4 Å². The fourth-order valence-electron chi connectivity index (χ4n) is 3.04. The van der Waals surface area contributed by atoms with Crippen LogP contribution in [-0.4, -0.2) is 101 Å². The number of nitrogens with zero attached hydrogens (tertiary/aromatic N) is 3. The van der Waals surface area contributed by atoms with Crippen LogP contribution >= 0.6 is 11.8 Å². The van der Waals surface area contributed by atoms with Crippen LogP contribution in [0.25, 0.3) is 0 Å². The second-order valence-electron chi connectivity index (χ2n) is 9.66. The highest BCUT2D eigenvalue weighted by Gasteiger charge is 2.31. The number of carboxylic acids is 1. The number of hydrogen-bond acceptors (Lipinski definition) is 6. The molecule has 1 fully saturated rings. The van der Waals surface area contributed by atoms with Crippen LogP contribution in [0.5, 0.6) is 0 Å². The maximum absolute atomic E-state index is 13.0. The van der Waals surface area contributed by atoms with Crippen molar-refractivity contribution in [3.8, 4) is 0 Å². The van der Waals surface area contributed by atoms with Gasteiger partial charge in [0.2, 0.25) is 11.8 Å². The third-order valence-electron chi connectivity index (χ3n) is 5.28. The molecule has 1 atom stereocenters. The van der Waals surface area contributed by atoms with Gasteiger partial charge in [0.25, 0.3) is 0 Å². The largest absolute Gasteiger partial charge is 0.481 e. The number of hydrogen-bond donors (Lipinski definition) is 1. The normalized spacial score (nSPS) is 14.4. The van der Waals surface area contributed by atoms with E-state index in [9.17, 15) is 24.3 Å². The number of carbonyl (C=O) groups excluding carboxylic acids is 3. The molecular weight excluding hydrogens is 446 g/mol. The standard InChI is InChI=1S/C23H41N3O6S/c1-23(2,3)32-22(31)25(5)14-13-24(4)21(30)18(16-20(28)29)26(6)19(27)10-8-7-9-15-33-17-11-12-17/h17-18H,7-16H2,1-6H3,(H,28,29)/t18-/m0/s1. The van der Waals surface area contributed by atoms with E-state index in [2.05, 4.69) is 0 Å². The van der Waals surface area contributed by atoms with Gasteiger partial charge in [0.05, 0.1) is 6.42 Å². The maximum Gasteiger partial charge on any atom is 0.410 e. The van der Waals surface area contributed by atoms with Crippen LogP contribution in [0.15, 0.2) is 0 Å². The van der Waals surface area contributed by atoms with Crippen molar-refractivity contribution in [3.63, 3.8) is 0 Å². The van der Waals surface area contributed by atoms with E-state index >= 15 is 0 Å². The molecule has 0 radical (unpaired) electrons. The minimum absolute atomic E-state index is 0.186. The Morgan fingerprint density at radius 3 is 2.15 bits per heavy atom. The minimum atomic E-state index is -1.15. The number of thioether (sulfide) groups is 1. The van der Waals surface area contributed by atoms with Gasteiger partial charge in [0, 0.05) is 45.9 Å². The molecule has 33 heavy (non-hydrogen) atoms. The molecule has 0 saturated heterocycles. The topological polar surface area (TPSA) is 107 Å². The SMILES string of the molecule is CN(CCN(C)C(=O)[C@H](CC(=O)O)N(C)C(=O)CCCCCSC1CC1)C(=O)OC(C)(C)C. The van der Waals surface area contributed by atoms with E-state index in [1.807, 2.05) is 11.8 Å². The number of rotatable bonds is 14. The van der Waals surface area contributed by atoms with E-state index in [1.165, 1.54) is 41.6 Å². The quantitative estimate of drug-likeness (QED) is 0.375. The monoisotopic (exact) mass is 487 g/mol. The lowest BCUT2D eigenvalue weighted by atomic mass is 10.1. The summed E-state index contributed by atoms with van der Waals surface area (Å²) in [5.74, 6) is -0.739. The average molecular weight is 488 g/mol. The molecule has 3 amide bonds. The minimum Gasteiger partial charge on any atom is -0.481 e. The summed E-state index contributed by atoms with van der Waals surface area (Å²) in [7, 11) is 4.59. The molecule has 1 aliphatic rings. The lowest BCUT2D eigenvalue weighted by Gasteiger charge is -2.31. The predicted molar refractivity (Wildman–Crippen MR) is 129 cm³/mol. The number of amides is 3. The molecule has 1 rings (SSSR count). The Balaban J connectivity index is 2.53. The predicted octanol–water partition coefficient (Wildman–Crippen LogP) is 3.07. The first-order valence-electron chi connectivity index (χ1n) is 11.6. The maximum atomic E-state index is 13.0. The van der Waals surface area contributed by atoms with E-state index < -0.39 is 36.0 Å². The third-order valence-corrected chi connectivity index (χ3v) is 6.75. The van der Waals surface area contributed by atoms with E-state index in [-0.39, 0.29) is 19.0 Å². The number of ether oxygens (including phenoxy) is 1. The van der Waals surface area contributed by atoms with Crippen molar-refractivity contribution in [2.45, 2.75) is 82.6 Å². The molecule has 1 saturated carbocycles. The molecule has 0 aliphatic heterocycles. The van der Waals surface area contributed by atoms with Crippen LogP contribution in [-0.2, 0) is 19.1 Å². The number of likely N-dealkylation sites (N-methyl/N-ethyl adjacent to an activating group) is 3. The smallest absolute Gasteiger partial charge is 0.410 e. The van der Waals surface area contributed by atoms with Gasteiger partial charge in [-0.05, 0) is 52.2 Å². The van der Waals surface area contributed by atoms with E-state index in [0.717, 1.165) is 30.3 Å². The molecule has 9 nitrogen and oxygen atoms in total. The number of aliphatic carboxylic acids is 1. The summed E-state index contributed by atoms with van der Waals surface area (Å²) in [6.45, 7) is 5.71. The van der Waals surface area contributed by atoms with Crippen molar-refractivity contribution in [2.75, 3.05) is 40.0 Å². The number of carboxylic acid groups (broad SMARTS) is 1. The van der Waals surface area contributed by atoms with Gasteiger partial charge in [0.15, 0.2) is 0 Å². The summed E-state index contributed by atoms with van der Waals surface area (Å²) in [5.41, 5.74) is -0.626. The molecule has 0 aromatic heterocycles. The zero-order valence-corrected chi connectivity index (χ0v) is 21.8. The Bertz CT molecular complexity index is 678. The summed E-state index contributed by atoms with van der Waals surface area (Å²) >= 11 is 1.99. The van der Waals surface area contributed by atoms with E-state index in [1.54, 1.807) is 27.8 Å². The lowest BCUT2D eigenvalue weighted by Crippen LogP contribution is -2.50. The Morgan fingerprint density at radius 2 is 1.61 bits per heavy atom. The summed E-state index contributed by atoms with van der Waals surface area (Å²) in [6.07, 6.45) is 4.67. The molecule has 190 valence electrons. The van der Waals surface area contributed by atoms with Crippen LogP contribution in [0.3, 0.4) is 0 Å². The first-order valence-corrected chi connectivity index (χ1v) is 12.6. The summed E-state index contributed by atoms with van der Waals surface area (Å²) < 4.78 is 5.29. The number of unbranched alkanes of at least 4 members (excludes halogenated alkanes) is 2. The first-order chi connectivity index (χ1) is 15.3. The second kappa shape index (κ2) is 13.7. The summed E-state index contributed by atoms with van der Waals surface area (Å²) in [5, 5.41) is 10.1. The van der Waals surface area contributed by atoms with Gasteiger partial charge in [-0.1, -0.05) is 6.42 Å². The van der Waals surface area contributed by atoms with Crippen LogP contribution in [0.4, 0.5) is 4.79 Å². The Kier molecular flexibility index (Phi) is 12.0. The molecule has 1 N–H and O–H groups in total. The second-order valence-corrected chi connectivity index (χ2v) is 11.1.